The monoisotopic (exact) mass is 429 g/mol. The van der Waals surface area contributed by atoms with Gasteiger partial charge >= 0.3 is 0 Å². The lowest BCUT2D eigenvalue weighted by atomic mass is 10.0. The van der Waals surface area contributed by atoms with Crippen molar-refractivity contribution < 1.29 is 9.59 Å². The van der Waals surface area contributed by atoms with Gasteiger partial charge in [-0.15, -0.1) is 0 Å². The fourth-order valence-corrected chi connectivity index (χ4v) is 4.13. The lowest BCUT2D eigenvalue weighted by Gasteiger charge is -2.15. The van der Waals surface area contributed by atoms with Crippen LogP contribution in [0.2, 0.25) is 0 Å². The normalized spacial score (nSPS) is 13.0. The molecule has 0 bridgehead atoms. The number of nitrogens with one attached hydrogen (secondary N) is 1. The van der Waals surface area contributed by atoms with Gasteiger partial charge in [-0.1, -0.05) is 104 Å². The molecule has 3 nitrogen and oxygen atoms in total. The van der Waals surface area contributed by atoms with E-state index in [9.17, 15) is 9.59 Å². The zero-order valence-corrected chi connectivity index (χ0v) is 18.6. The molecule has 3 aromatic carbocycles. The Morgan fingerprint density at radius 3 is 2.06 bits per heavy atom. The van der Waals surface area contributed by atoms with Crippen LogP contribution in [0.4, 0.5) is 0 Å². The van der Waals surface area contributed by atoms with Crippen LogP contribution in [-0.4, -0.2) is 22.3 Å². The molecule has 0 spiro atoms. The van der Waals surface area contributed by atoms with Crippen LogP contribution in [0.5, 0.6) is 0 Å². The van der Waals surface area contributed by atoms with E-state index in [-0.39, 0.29) is 16.3 Å². The quantitative estimate of drug-likeness (QED) is 0.463. The van der Waals surface area contributed by atoms with E-state index in [2.05, 4.69) is 41.7 Å². The molecule has 158 valence electrons. The average Bonchev–Trinajstić information content (AvgIpc) is 2.79. The van der Waals surface area contributed by atoms with Crippen molar-refractivity contribution in [2.24, 2.45) is 0 Å². The molecule has 0 saturated carbocycles. The number of hydrogen-bond donors (Lipinski definition) is 1. The van der Waals surface area contributed by atoms with Gasteiger partial charge in [0.2, 0.25) is 11.0 Å². The summed E-state index contributed by atoms with van der Waals surface area (Å²) in [5.41, 5.74) is 4.51. The molecular formula is C27H27NO2S. The van der Waals surface area contributed by atoms with Crippen LogP contribution in [0, 0.1) is 0 Å². The van der Waals surface area contributed by atoms with Crippen LogP contribution in [0.1, 0.15) is 25.0 Å². The molecule has 1 N–H and O–H groups in total. The lowest BCUT2D eigenvalue weighted by molar-refractivity contribution is -0.120. The van der Waals surface area contributed by atoms with E-state index < -0.39 is 6.04 Å². The summed E-state index contributed by atoms with van der Waals surface area (Å²) in [5, 5.41) is 2.84. The van der Waals surface area contributed by atoms with Gasteiger partial charge in [0.25, 0.3) is 0 Å². The van der Waals surface area contributed by atoms with Gasteiger partial charge in [0.15, 0.2) is 0 Å². The van der Waals surface area contributed by atoms with Crippen LogP contribution in [0.3, 0.4) is 0 Å². The molecular weight excluding hydrogens is 402 g/mol. The highest BCUT2D eigenvalue weighted by Crippen LogP contribution is 2.22. The summed E-state index contributed by atoms with van der Waals surface area (Å²) in [6.07, 6.45) is 3.99. The van der Waals surface area contributed by atoms with Gasteiger partial charge in [-0.25, -0.2) is 0 Å². The lowest BCUT2D eigenvalue weighted by Crippen LogP contribution is -2.36. The second-order valence-corrected chi connectivity index (χ2v) is 8.93. The van der Waals surface area contributed by atoms with Crippen molar-refractivity contribution in [3.63, 3.8) is 0 Å². The Morgan fingerprint density at radius 2 is 1.42 bits per heavy atom. The third-order valence-electron chi connectivity index (χ3n) is 4.84. The maximum absolute atomic E-state index is 12.5. The first kappa shape index (κ1) is 22.6. The molecule has 1 amide bonds. The number of hydrogen-bond acceptors (Lipinski definition) is 3. The summed E-state index contributed by atoms with van der Waals surface area (Å²) in [4.78, 5) is 24.6. The Labute approximate surface area is 188 Å². The molecule has 0 aliphatic heterocycles. The van der Waals surface area contributed by atoms with Crippen molar-refractivity contribution in [2.45, 2.75) is 31.6 Å². The third-order valence-corrected chi connectivity index (χ3v) is 6.00. The summed E-state index contributed by atoms with van der Waals surface area (Å²) in [6, 6.07) is 27.8. The van der Waals surface area contributed by atoms with E-state index in [0.29, 0.717) is 0 Å². The van der Waals surface area contributed by atoms with Gasteiger partial charge in [0.1, 0.15) is 0 Å². The van der Waals surface area contributed by atoms with Crippen LogP contribution < -0.4 is 5.32 Å². The number of carbonyl (C=O) groups excluding carboxylic acids is 2. The van der Waals surface area contributed by atoms with Crippen molar-refractivity contribution in [3.05, 3.63) is 102 Å². The maximum Gasteiger partial charge on any atom is 0.244 e. The van der Waals surface area contributed by atoms with E-state index in [1.807, 2.05) is 55.5 Å². The number of carbonyl (C=O) groups is 2. The average molecular weight is 430 g/mol. The Bertz CT molecular complexity index is 1010. The fourth-order valence-electron chi connectivity index (χ4n) is 3.19. The molecule has 2 atom stereocenters. The summed E-state index contributed by atoms with van der Waals surface area (Å²) in [7, 11) is 0. The highest BCUT2D eigenvalue weighted by molar-refractivity contribution is 8.14. The molecule has 4 heteroatoms. The van der Waals surface area contributed by atoms with Gasteiger partial charge in [-0.05, 0) is 41.7 Å². The number of rotatable bonds is 8. The summed E-state index contributed by atoms with van der Waals surface area (Å²) >= 11 is 1.28. The van der Waals surface area contributed by atoms with Gasteiger partial charge in [-0.3, -0.25) is 9.59 Å². The van der Waals surface area contributed by atoms with Crippen molar-refractivity contribution >= 4 is 28.9 Å². The van der Waals surface area contributed by atoms with E-state index in [4.69, 9.17) is 0 Å². The van der Waals surface area contributed by atoms with Gasteiger partial charge < -0.3 is 5.32 Å². The predicted molar refractivity (Wildman–Crippen MR) is 131 cm³/mol. The molecule has 3 aromatic rings. The van der Waals surface area contributed by atoms with E-state index >= 15 is 0 Å². The highest BCUT2D eigenvalue weighted by atomic mass is 32.2. The van der Waals surface area contributed by atoms with Crippen LogP contribution in [-0.2, 0) is 16.0 Å². The molecule has 0 fully saturated rings. The number of benzene rings is 3. The van der Waals surface area contributed by atoms with Crippen molar-refractivity contribution in [1.82, 2.24) is 5.32 Å². The minimum atomic E-state index is -0.541. The second-order valence-electron chi connectivity index (χ2n) is 7.49. The smallest absolute Gasteiger partial charge is 0.244 e. The first-order valence-corrected chi connectivity index (χ1v) is 11.3. The Morgan fingerprint density at radius 1 is 0.839 bits per heavy atom. The zero-order chi connectivity index (χ0) is 22.1. The Kier molecular flexibility index (Phi) is 8.25. The summed E-state index contributed by atoms with van der Waals surface area (Å²) in [5.74, 6) is -0.269. The van der Waals surface area contributed by atoms with Gasteiger partial charge in [0.05, 0.1) is 6.04 Å². The predicted octanol–water partition coefficient (Wildman–Crippen LogP) is 5.76. The molecule has 0 aliphatic carbocycles. The first-order chi connectivity index (χ1) is 15.0. The first-order valence-electron chi connectivity index (χ1n) is 10.4. The number of thioether (sulfide) groups is 1. The summed E-state index contributed by atoms with van der Waals surface area (Å²) < 4.78 is 0. The van der Waals surface area contributed by atoms with Crippen LogP contribution in [0.25, 0.3) is 17.2 Å². The largest absolute Gasteiger partial charge is 0.342 e. The molecule has 0 aromatic heterocycles. The fraction of sp³-hybridized carbons (Fsp3) is 0.185. The summed E-state index contributed by atoms with van der Waals surface area (Å²) in [6.45, 7) is 3.77. The Balaban J connectivity index is 1.47. The third kappa shape index (κ3) is 7.26. The molecule has 3 rings (SSSR count). The van der Waals surface area contributed by atoms with Crippen molar-refractivity contribution in [1.29, 1.82) is 0 Å². The molecule has 0 unspecified atom stereocenters. The molecule has 0 saturated heterocycles. The van der Waals surface area contributed by atoms with Gasteiger partial charge in [0, 0.05) is 11.3 Å². The second kappa shape index (κ2) is 11.3. The Hall–Kier alpha value is -3.11. The maximum atomic E-state index is 12.5. The SMILES string of the molecule is C[C@@H](Cc1ccc(-c2ccccc2)cc1)SC(=O)[C@@H](C)NC(=O)/C=C/c1ccccc1. The van der Waals surface area contributed by atoms with Crippen LogP contribution >= 0.6 is 11.8 Å². The topological polar surface area (TPSA) is 46.2 Å². The van der Waals surface area contributed by atoms with Gasteiger partial charge in [-0.2, -0.15) is 0 Å². The minimum Gasteiger partial charge on any atom is -0.342 e. The zero-order valence-electron chi connectivity index (χ0n) is 17.8. The van der Waals surface area contributed by atoms with E-state index in [1.165, 1.54) is 34.5 Å². The molecule has 0 heterocycles. The van der Waals surface area contributed by atoms with Crippen molar-refractivity contribution in [3.8, 4) is 11.1 Å². The van der Waals surface area contributed by atoms with Crippen molar-refractivity contribution in [2.75, 3.05) is 0 Å². The molecule has 0 aliphatic rings. The molecule has 31 heavy (non-hydrogen) atoms. The van der Waals surface area contributed by atoms with E-state index in [1.54, 1.807) is 13.0 Å². The molecule has 0 radical (unpaired) electrons. The minimum absolute atomic E-state index is 0.0325. The standard InChI is InChI=1S/C27H27NO2S/c1-20(19-23-13-16-25(17-14-23)24-11-7-4-8-12-24)31-27(30)21(2)28-26(29)18-15-22-9-5-3-6-10-22/h3-18,20-21H,19H2,1-2H3,(H,28,29)/b18-15+/t20-,21+/m0/s1. The van der Waals surface area contributed by atoms with Crippen LogP contribution in [0.15, 0.2) is 91.0 Å². The highest BCUT2D eigenvalue weighted by Gasteiger charge is 2.18. The number of amides is 1. The van der Waals surface area contributed by atoms with E-state index in [0.717, 1.165) is 12.0 Å².